The monoisotopic (exact) mass is 579 g/mol. The first-order valence-corrected chi connectivity index (χ1v) is 12.5. The van der Waals surface area contributed by atoms with Crippen LogP contribution in [0.5, 0.6) is 17.2 Å². The number of fused-ring (bicyclic) bond motifs is 5. The summed E-state index contributed by atoms with van der Waals surface area (Å²) < 4.78 is 75.8. The van der Waals surface area contributed by atoms with Crippen molar-refractivity contribution in [3.05, 3.63) is 65.5 Å². The molecule has 0 saturated carbocycles. The number of carbonyl (C=O) groups excluding carboxylic acids is 2. The van der Waals surface area contributed by atoms with Crippen LogP contribution in [0, 0.1) is 0 Å². The van der Waals surface area contributed by atoms with Crippen molar-refractivity contribution < 1.29 is 46.1 Å². The number of rotatable bonds is 5. The highest BCUT2D eigenvalue weighted by molar-refractivity contribution is 5.98. The van der Waals surface area contributed by atoms with Crippen LogP contribution in [0.25, 0.3) is 0 Å². The third-order valence-corrected chi connectivity index (χ3v) is 6.52. The Labute approximate surface area is 230 Å². The summed E-state index contributed by atoms with van der Waals surface area (Å²) in [6, 6.07) is 8.79. The van der Waals surface area contributed by atoms with Crippen LogP contribution in [0.15, 0.2) is 48.7 Å². The van der Waals surface area contributed by atoms with Gasteiger partial charge in [0.2, 0.25) is 0 Å². The number of hydrogen-bond donors (Lipinski definition) is 1. The summed E-state index contributed by atoms with van der Waals surface area (Å²) in [5, 5.41) is 11.0. The zero-order chi connectivity index (χ0) is 29.1. The standard InChI is InChI=1S/C26H25F4N5O6/c1-38-20-7-6-15-10-21(20)39-9-8-35-11-16(32-33-35)14-40-22-13-34(12-18(22)31-23(15)36)24(37)17-4-2-3-5-19(17)41-26(29,30)25(27)28/h2-7,10-11,18,22,25H,8-9,12-14H2,1H3,(H,31,36)/t18-,22-/m0/s1. The molecule has 0 unspecified atom stereocenters. The fraction of sp³-hybridized carbons (Fsp3) is 0.385. The van der Waals surface area contributed by atoms with Gasteiger partial charge in [-0.2, -0.15) is 17.6 Å². The summed E-state index contributed by atoms with van der Waals surface area (Å²) in [5.41, 5.74) is 0.399. The molecule has 2 aromatic carbocycles. The smallest absolute Gasteiger partial charge is 0.461 e. The molecule has 1 fully saturated rings. The molecule has 4 bridgehead atoms. The maximum absolute atomic E-state index is 13.7. The van der Waals surface area contributed by atoms with Crippen LogP contribution in [0.3, 0.4) is 0 Å². The predicted molar refractivity (Wildman–Crippen MR) is 132 cm³/mol. The van der Waals surface area contributed by atoms with E-state index in [1.807, 2.05) is 0 Å². The Morgan fingerprint density at radius 3 is 2.76 bits per heavy atom. The summed E-state index contributed by atoms with van der Waals surface area (Å²) >= 11 is 0. The number of benzene rings is 2. The van der Waals surface area contributed by atoms with Crippen LogP contribution >= 0.6 is 0 Å². The van der Waals surface area contributed by atoms with Crippen LogP contribution in [0.1, 0.15) is 26.4 Å². The maximum atomic E-state index is 13.7. The van der Waals surface area contributed by atoms with Gasteiger partial charge in [-0.05, 0) is 30.3 Å². The first-order chi connectivity index (χ1) is 19.6. The fourth-order valence-corrected chi connectivity index (χ4v) is 4.48. The minimum atomic E-state index is -4.80. The van der Waals surface area contributed by atoms with Gasteiger partial charge in [0.15, 0.2) is 11.5 Å². The average molecular weight is 580 g/mol. The number of alkyl halides is 4. The SMILES string of the molecule is COc1ccc2cc1OCCn1cc(nn1)CO[C@H]1CN(C(=O)c3ccccc3OC(F)(F)C(F)F)C[C@@H]1NC2=O. The van der Waals surface area contributed by atoms with E-state index in [1.165, 1.54) is 36.3 Å². The maximum Gasteiger partial charge on any atom is 0.461 e. The van der Waals surface area contributed by atoms with Gasteiger partial charge in [-0.3, -0.25) is 9.59 Å². The van der Waals surface area contributed by atoms with Crippen molar-refractivity contribution >= 4 is 11.8 Å². The molecule has 11 nitrogen and oxygen atoms in total. The molecule has 2 aliphatic rings. The molecule has 2 amide bonds. The second kappa shape index (κ2) is 11.6. The van der Waals surface area contributed by atoms with E-state index in [9.17, 15) is 27.2 Å². The van der Waals surface area contributed by atoms with Crippen molar-refractivity contribution in [2.75, 3.05) is 26.8 Å². The van der Waals surface area contributed by atoms with Gasteiger partial charge in [0, 0.05) is 18.7 Å². The van der Waals surface area contributed by atoms with Gasteiger partial charge in [0.1, 0.15) is 18.1 Å². The molecule has 0 radical (unpaired) electrons. The van der Waals surface area contributed by atoms with E-state index in [2.05, 4.69) is 20.4 Å². The summed E-state index contributed by atoms with van der Waals surface area (Å²) in [7, 11) is 1.47. The lowest BCUT2D eigenvalue weighted by Crippen LogP contribution is -2.44. The number of ether oxygens (including phenoxy) is 4. The summed E-state index contributed by atoms with van der Waals surface area (Å²) in [4.78, 5) is 27.9. The zero-order valence-electron chi connectivity index (χ0n) is 21.6. The lowest BCUT2D eigenvalue weighted by Gasteiger charge is -2.21. The minimum Gasteiger partial charge on any atom is -0.493 e. The Morgan fingerprint density at radius 2 is 1.98 bits per heavy atom. The Balaban J connectivity index is 1.41. The van der Waals surface area contributed by atoms with Crippen LogP contribution in [0.4, 0.5) is 17.6 Å². The predicted octanol–water partition coefficient (Wildman–Crippen LogP) is 2.76. The van der Waals surface area contributed by atoms with Gasteiger partial charge in [-0.25, -0.2) is 4.68 Å². The third-order valence-electron chi connectivity index (χ3n) is 6.52. The van der Waals surface area contributed by atoms with Crippen LogP contribution in [-0.2, 0) is 17.9 Å². The van der Waals surface area contributed by atoms with E-state index < -0.39 is 42.2 Å². The topological polar surface area (TPSA) is 117 Å². The van der Waals surface area contributed by atoms with Crippen LogP contribution in [-0.4, -0.2) is 83.2 Å². The number of hydrogen-bond acceptors (Lipinski definition) is 8. The van der Waals surface area contributed by atoms with Gasteiger partial charge in [-0.1, -0.05) is 17.3 Å². The van der Waals surface area contributed by atoms with Crippen molar-refractivity contribution in [2.45, 2.75) is 37.8 Å². The molecule has 3 aromatic rings. The summed E-state index contributed by atoms with van der Waals surface area (Å²) in [5.74, 6) is -1.20. The van der Waals surface area contributed by atoms with Crippen LogP contribution < -0.4 is 19.5 Å². The third kappa shape index (κ3) is 6.19. The molecule has 15 heteroatoms. The average Bonchev–Trinajstić information content (AvgIpc) is 3.57. The molecule has 1 aromatic heterocycles. The molecule has 41 heavy (non-hydrogen) atoms. The number of nitrogens with one attached hydrogen (secondary N) is 1. The van der Waals surface area contributed by atoms with E-state index in [4.69, 9.17) is 14.2 Å². The second-order valence-corrected chi connectivity index (χ2v) is 9.29. The van der Waals surface area contributed by atoms with Crippen molar-refractivity contribution in [3.8, 4) is 17.2 Å². The lowest BCUT2D eigenvalue weighted by atomic mass is 10.1. The Morgan fingerprint density at radius 1 is 1.17 bits per heavy atom. The van der Waals surface area contributed by atoms with E-state index in [0.29, 0.717) is 23.7 Å². The highest BCUT2D eigenvalue weighted by atomic mass is 19.3. The number of aromatic nitrogens is 3. The van der Waals surface area contributed by atoms with Gasteiger partial charge >= 0.3 is 12.5 Å². The molecule has 218 valence electrons. The quantitative estimate of drug-likeness (QED) is 0.459. The molecule has 3 heterocycles. The number of carbonyl (C=O) groups is 2. The van der Waals surface area contributed by atoms with E-state index >= 15 is 0 Å². The Kier molecular flexibility index (Phi) is 7.97. The molecule has 2 aliphatic heterocycles. The molecule has 1 saturated heterocycles. The number of nitrogens with zero attached hydrogens (tertiary/aromatic N) is 4. The molecule has 0 spiro atoms. The van der Waals surface area contributed by atoms with Crippen molar-refractivity contribution in [1.82, 2.24) is 25.2 Å². The number of halogens is 4. The van der Waals surface area contributed by atoms with Gasteiger partial charge in [0.25, 0.3) is 11.8 Å². The number of methoxy groups -OCH3 is 1. The molecule has 5 rings (SSSR count). The largest absolute Gasteiger partial charge is 0.493 e. The lowest BCUT2D eigenvalue weighted by molar-refractivity contribution is -0.253. The van der Waals surface area contributed by atoms with Gasteiger partial charge in [0.05, 0.1) is 44.2 Å². The number of amides is 2. The summed E-state index contributed by atoms with van der Waals surface area (Å²) in [6.07, 6.45) is -7.97. The van der Waals surface area contributed by atoms with E-state index in [1.54, 1.807) is 23.0 Å². The minimum absolute atomic E-state index is 0.00179. The van der Waals surface area contributed by atoms with Gasteiger partial charge < -0.3 is 29.2 Å². The fourth-order valence-electron chi connectivity index (χ4n) is 4.48. The van der Waals surface area contributed by atoms with Crippen LogP contribution in [0.2, 0.25) is 0 Å². The highest BCUT2D eigenvalue weighted by Gasteiger charge is 2.45. The number of likely N-dealkylation sites (tertiary alicyclic amines) is 1. The van der Waals surface area contributed by atoms with Crippen molar-refractivity contribution in [3.63, 3.8) is 0 Å². The zero-order valence-corrected chi connectivity index (χ0v) is 21.6. The molecule has 0 aliphatic carbocycles. The van der Waals surface area contributed by atoms with E-state index in [-0.39, 0.29) is 37.4 Å². The molecular weight excluding hydrogens is 554 g/mol. The summed E-state index contributed by atoms with van der Waals surface area (Å²) in [6.45, 7) is 0.464. The normalized spacial score (nSPS) is 19.5. The second-order valence-electron chi connectivity index (χ2n) is 9.29. The highest BCUT2D eigenvalue weighted by Crippen LogP contribution is 2.32. The Bertz CT molecular complexity index is 1420. The molecular formula is C26H25F4N5O6. The first kappa shape index (κ1) is 28.1. The first-order valence-electron chi connectivity index (χ1n) is 12.5. The van der Waals surface area contributed by atoms with Gasteiger partial charge in [-0.15, -0.1) is 5.10 Å². The van der Waals surface area contributed by atoms with E-state index in [0.717, 1.165) is 6.07 Å². The van der Waals surface area contributed by atoms with Crippen molar-refractivity contribution in [1.29, 1.82) is 0 Å². The molecule has 2 atom stereocenters. The number of para-hydroxylation sites is 1. The Hall–Kier alpha value is -4.40. The van der Waals surface area contributed by atoms with Crippen molar-refractivity contribution in [2.24, 2.45) is 0 Å². The molecule has 1 N–H and O–H groups in total.